The molecule has 1 fully saturated rings. The van der Waals surface area contributed by atoms with Crippen LogP contribution < -0.4 is 48.3 Å². The molecule has 1 heterocycles. The van der Waals surface area contributed by atoms with Crippen LogP contribution in [0.25, 0.3) is 0 Å². The first-order valence-electron chi connectivity index (χ1n) is 21.0. The first kappa shape index (κ1) is 51.5. The van der Waals surface area contributed by atoms with Crippen molar-refractivity contribution in [2.45, 2.75) is 138 Å². The van der Waals surface area contributed by atoms with E-state index in [1.807, 2.05) is 48.5 Å². The van der Waals surface area contributed by atoms with E-state index < -0.39 is 90.1 Å². The van der Waals surface area contributed by atoms with E-state index in [1.54, 1.807) is 20.8 Å². The van der Waals surface area contributed by atoms with Gasteiger partial charge in [0.15, 0.2) is 0 Å². The largest absolute Gasteiger partial charge is 0.368 e. The molecule has 0 aromatic carbocycles. The highest BCUT2D eigenvalue weighted by Gasteiger charge is 2.35. The van der Waals surface area contributed by atoms with E-state index in [0.29, 0.717) is 38.6 Å². The van der Waals surface area contributed by atoms with Gasteiger partial charge in [0.1, 0.15) is 30.2 Å². The quantitative estimate of drug-likeness (QED) is 0.0973. The second-order valence-corrected chi connectivity index (χ2v) is 17.0. The number of urea groups is 1. The molecule has 10 N–H and O–H groups in total. The van der Waals surface area contributed by atoms with Gasteiger partial charge in [-0.05, 0) is 61.7 Å². The summed E-state index contributed by atoms with van der Waals surface area (Å²) in [6.45, 7) is 19.0. The second kappa shape index (κ2) is 26.5. The summed E-state index contributed by atoms with van der Waals surface area (Å²) in [4.78, 5) is 108. The molecule has 0 aliphatic carbocycles. The van der Waals surface area contributed by atoms with Crippen molar-refractivity contribution >= 4 is 47.4 Å². The van der Waals surface area contributed by atoms with E-state index in [9.17, 15) is 38.4 Å². The Morgan fingerprint density at radius 2 is 1.38 bits per heavy atom. The van der Waals surface area contributed by atoms with Gasteiger partial charge in [0.2, 0.25) is 41.4 Å². The molecule has 0 radical (unpaired) electrons. The summed E-state index contributed by atoms with van der Waals surface area (Å²) in [5.74, 6) is -4.66. The van der Waals surface area contributed by atoms with Gasteiger partial charge in [-0.25, -0.2) is 4.79 Å². The van der Waals surface area contributed by atoms with Crippen LogP contribution in [0.5, 0.6) is 0 Å². The van der Waals surface area contributed by atoms with Crippen LogP contribution in [0.2, 0.25) is 0 Å². The van der Waals surface area contributed by atoms with Crippen molar-refractivity contribution in [3.63, 3.8) is 0 Å². The molecule has 9 amide bonds. The average molecular weight is 823 g/mol. The van der Waals surface area contributed by atoms with Crippen molar-refractivity contribution < 1.29 is 38.4 Å². The van der Waals surface area contributed by atoms with Crippen LogP contribution in [0.4, 0.5) is 4.79 Å². The highest BCUT2D eigenvalue weighted by atomic mass is 16.2. The van der Waals surface area contributed by atoms with E-state index >= 15 is 0 Å². The highest BCUT2D eigenvalue weighted by Crippen LogP contribution is 2.14. The number of amides is 9. The summed E-state index contributed by atoms with van der Waals surface area (Å²) in [5, 5.41) is 22.3. The zero-order valence-electron chi connectivity index (χ0n) is 36.5. The summed E-state index contributed by atoms with van der Waals surface area (Å²) in [6, 6.07) is -5.41. The predicted octanol–water partition coefficient (Wildman–Crippen LogP) is 0.247. The first-order chi connectivity index (χ1) is 27.2. The molecule has 0 spiro atoms. The third-order valence-electron chi connectivity index (χ3n) is 9.77. The fourth-order valence-electron chi connectivity index (χ4n) is 6.39. The Hall–Kier alpha value is -4.48. The minimum Gasteiger partial charge on any atom is -0.368 e. The Kier molecular flexibility index (Phi) is 23.6. The number of nitrogens with one attached hydrogen (secondary N) is 8. The van der Waals surface area contributed by atoms with Crippen LogP contribution in [0, 0.1) is 29.6 Å². The topological polar surface area (TPSA) is 262 Å². The minimum atomic E-state index is -1.08. The maximum atomic E-state index is 14.3. The van der Waals surface area contributed by atoms with Crippen molar-refractivity contribution in [2.75, 3.05) is 39.3 Å². The molecule has 18 nitrogen and oxygen atoms in total. The molecular weight excluding hydrogens is 749 g/mol. The molecule has 0 bridgehead atoms. The number of nitrogens with zero attached hydrogens (tertiary/aromatic N) is 1. The van der Waals surface area contributed by atoms with Gasteiger partial charge in [-0.2, -0.15) is 0 Å². The van der Waals surface area contributed by atoms with Gasteiger partial charge in [0, 0.05) is 26.2 Å². The Bertz CT molecular complexity index is 1370. The molecule has 6 atom stereocenters. The molecule has 0 aromatic rings. The number of hydrogen-bond acceptors (Lipinski definition) is 9. The molecule has 18 heteroatoms. The van der Waals surface area contributed by atoms with Crippen LogP contribution in [0.3, 0.4) is 0 Å². The molecule has 0 aromatic heterocycles. The number of carbonyl (C=O) groups is 8. The Morgan fingerprint density at radius 3 is 1.95 bits per heavy atom. The van der Waals surface area contributed by atoms with E-state index in [-0.39, 0.29) is 56.3 Å². The van der Waals surface area contributed by atoms with Crippen molar-refractivity contribution in [1.82, 2.24) is 47.4 Å². The van der Waals surface area contributed by atoms with Crippen LogP contribution in [0.15, 0.2) is 0 Å². The summed E-state index contributed by atoms with van der Waals surface area (Å²) in [7, 11) is 0. The van der Waals surface area contributed by atoms with Gasteiger partial charge < -0.3 is 53.2 Å². The molecule has 1 aliphatic heterocycles. The molecule has 1 rings (SSSR count). The SMILES string of the molecule is CC[C@H](C)[C@H](NC(=O)[C@H](CC(C)C)NC(=O)CN1CCCCNC(=O)NCCNCC(=O)N[C@@H](CC(C)C)C(=O)N[C@@H](C(C)C)C1=O)C(=O)N[C@@H](CC(C)C)C(N)=O. The van der Waals surface area contributed by atoms with Crippen LogP contribution in [-0.4, -0.2) is 122 Å². The van der Waals surface area contributed by atoms with Crippen LogP contribution >= 0.6 is 0 Å². The first-order valence-corrected chi connectivity index (χ1v) is 21.0. The number of nitrogens with two attached hydrogens (primary N) is 1. The number of carbonyl (C=O) groups excluding carboxylic acids is 8. The average Bonchev–Trinajstić information content (AvgIpc) is 3.12. The lowest BCUT2D eigenvalue weighted by atomic mass is 9.95. The standard InChI is InChI=1S/C40H74N10O8/c1-11-27(10)34(38(56)47-28(35(41)53)18-23(2)3)49-37(55)30(20-25(6)7)46-32(52)22-50-17-13-12-14-43-40(58)44-16-15-42-21-31(51)45-29(19-24(4)5)36(54)48-33(26(8)9)39(50)57/h23-30,33-34,42H,11-22H2,1-10H3,(H2,41,53)(H,45,51)(H,46,52)(H,47,56)(H,48,54)(H,49,55)(H2,43,44,58)/t27-,28-,29-,30-,33-,34-/m0/s1. The van der Waals surface area contributed by atoms with E-state index in [2.05, 4.69) is 42.5 Å². The van der Waals surface area contributed by atoms with E-state index in [4.69, 9.17) is 5.73 Å². The lowest BCUT2D eigenvalue weighted by molar-refractivity contribution is -0.141. The maximum Gasteiger partial charge on any atom is 0.314 e. The lowest BCUT2D eigenvalue weighted by Crippen LogP contribution is -2.60. The zero-order chi connectivity index (χ0) is 44.1. The van der Waals surface area contributed by atoms with Gasteiger partial charge >= 0.3 is 6.03 Å². The van der Waals surface area contributed by atoms with Gasteiger partial charge in [-0.3, -0.25) is 33.6 Å². The van der Waals surface area contributed by atoms with Gasteiger partial charge in [-0.1, -0.05) is 75.7 Å². The summed E-state index contributed by atoms with van der Waals surface area (Å²) >= 11 is 0. The molecule has 58 heavy (non-hydrogen) atoms. The minimum absolute atomic E-state index is 0.0319. The molecular formula is C40H74N10O8. The second-order valence-electron chi connectivity index (χ2n) is 17.0. The molecule has 1 saturated heterocycles. The predicted molar refractivity (Wildman–Crippen MR) is 222 cm³/mol. The Morgan fingerprint density at radius 1 is 0.759 bits per heavy atom. The van der Waals surface area contributed by atoms with Crippen molar-refractivity contribution in [1.29, 1.82) is 0 Å². The smallest absolute Gasteiger partial charge is 0.314 e. The fourth-order valence-corrected chi connectivity index (χ4v) is 6.39. The van der Waals surface area contributed by atoms with Crippen LogP contribution in [0.1, 0.15) is 108 Å². The summed E-state index contributed by atoms with van der Waals surface area (Å²) < 4.78 is 0. The highest BCUT2D eigenvalue weighted by molar-refractivity contribution is 5.96. The van der Waals surface area contributed by atoms with Crippen molar-refractivity contribution in [3.05, 3.63) is 0 Å². The van der Waals surface area contributed by atoms with Gasteiger partial charge in [0.25, 0.3) is 0 Å². The summed E-state index contributed by atoms with van der Waals surface area (Å²) in [6.07, 6.45) is 2.24. The Labute approximate surface area is 345 Å². The number of primary amides is 1. The zero-order valence-corrected chi connectivity index (χ0v) is 36.5. The molecule has 0 saturated carbocycles. The van der Waals surface area contributed by atoms with Crippen molar-refractivity contribution in [3.8, 4) is 0 Å². The van der Waals surface area contributed by atoms with Gasteiger partial charge in [0.05, 0.1) is 13.1 Å². The molecule has 332 valence electrons. The number of rotatable bonds is 17. The van der Waals surface area contributed by atoms with Crippen LogP contribution in [-0.2, 0) is 33.6 Å². The lowest BCUT2D eigenvalue weighted by Gasteiger charge is -2.32. The van der Waals surface area contributed by atoms with Crippen molar-refractivity contribution in [2.24, 2.45) is 35.3 Å². The number of hydrogen-bond donors (Lipinski definition) is 9. The maximum absolute atomic E-state index is 14.3. The van der Waals surface area contributed by atoms with E-state index in [0.717, 1.165) is 0 Å². The molecule has 1 aliphatic rings. The van der Waals surface area contributed by atoms with Gasteiger partial charge in [-0.15, -0.1) is 0 Å². The third kappa shape index (κ3) is 19.8. The Balaban J connectivity index is 3.40. The third-order valence-corrected chi connectivity index (χ3v) is 9.77. The molecule has 0 unspecified atom stereocenters. The van der Waals surface area contributed by atoms with E-state index in [1.165, 1.54) is 4.90 Å². The fraction of sp³-hybridized carbons (Fsp3) is 0.800. The monoisotopic (exact) mass is 823 g/mol. The summed E-state index contributed by atoms with van der Waals surface area (Å²) in [5.41, 5.74) is 5.57. The normalized spacial score (nSPS) is 20.3.